The molecule has 0 spiro atoms. The van der Waals surface area contributed by atoms with Gasteiger partial charge in [0.05, 0.1) is 0 Å². The van der Waals surface area contributed by atoms with Crippen molar-refractivity contribution in [3.63, 3.8) is 0 Å². The average molecular weight is 304 g/mol. The molecule has 3 rings (SSSR count). The molecule has 0 unspecified atom stereocenters. The summed E-state index contributed by atoms with van der Waals surface area (Å²) in [4.78, 5) is 8.54. The normalized spacial score (nSPS) is 17.6. The maximum absolute atomic E-state index is 13.4. The fourth-order valence-corrected chi connectivity index (χ4v) is 2.72. The number of imidazole rings is 1. The molecule has 2 heterocycles. The molecular formula is C13H13ClF3N3. The van der Waals surface area contributed by atoms with Gasteiger partial charge in [-0.1, -0.05) is 0 Å². The highest BCUT2D eigenvalue weighted by Crippen LogP contribution is 2.56. The van der Waals surface area contributed by atoms with Gasteiger partial charge in [-0.15, -0.1) is 11.6 Å². The van der Waals surface area contributed by atoms with Gasteiger partial charge in [0.2, 0.25) is 0 Å². The number of nitrogens with zero attached hydrogens (tertiary/aromatic N) is 3. The van der Waals surface area contributed by atoms with Crippen molar-refractivity contribution in [1.29, 1.82) is 0 Å². The highest BCUT2D eigenvalue weighted by atomic mass is 35.5. The number of alkyl halides is 4. The second-order valence-corrected chi connectivity index (χ2v) is 5.51. The number of rotatable bonds is 3. The first-order valence-corrected chi connectivity index (χ1v) is 6.91. The zero-order valence-electron chi connectivity index (χ0n) is 10.8. The lowest BCUT2D eigenvalue weighted by Crippen LogP contribution is -2.36. The number of hydrogen-bond acceptors (Lipinski definition) is 2. The Morgan fingerprint density at radius 2 is 2.00 bits per heavy atom. The van der Waals surface area contributed by atoms with Crippen molar-refractivity contribution >= 4 is 22.8 Å². The van der Waals surface area contributed by atoms with Crippen LogP contribution in [0.25, 0.3) is 11.2 Å². The summed E-state index contributed by atoms with van der Waals surface area (Å²) in [6.45, 7) is 1.76. The molecule has 0 aromatic carbocycles. The third-order valence-corrected chi connectivity index (χ3v) is 3.90. The molecule has 0 bridgehead atoms. The van der Waals surface area contributed by atoms with E-state index < -0.39 is 11.7 Å². The largest absolute Gasteiger partial charge is 0.412 e. The van der Waals surface area contributed by atoms with E-state index in [1.54, 1.807) is 19.1 Å². The van der Waals surface area contributed by atoms with Crippen LogP contribution in [0.4, 0.5) is 13.2 Å². The predicted octanol–water partition coefficient (Wildman–Crippen LogP) is 3.57. The van der Waals surface area contributed by atoms with Crippen molar-refractivity contribution in [2.75, 3.05) is 5.88 Å². The van der Waals surface area contributed by atoms with Crippen molar-refractivity contribution in [3.05, 3.63) is 23.7 Å². The molecule has 20 heavy (non-hydrogen) atoms. The summed E-state index contributed by atoms with van der Waals surface area (Å²) >= 11 is 5.70. The number of aromatic nitrogens is 3. The van der Waals surface area contributed by atoms with Crippen LogP contribution in [0, 0.1) is 6.92 Å². The number of hydrogen-bond donors (Lipinski definition) is 0. The van der Waals surface area contributed by atoms with E-state index in [4.69, 9.17) is 11.6 Å². The number of aryl methyl sites for hydroxylation is 2. The van der Waals surface area contributed by atoms with Crippen molar-refractivity contribution in [3.8, 4) is 0 Å². The zero-order valence-corrected chi connectivity index (χ0v) is 11.6. The molecule has 0 amide bonds. The Balaban J connectivity index is 2.27. The molecule has 1 fully saturated rings. The molecular weight excluding hydrogens is 291 g/mol. The minimum atomic E-state index is -4.30. The van der Waals surface area contributed by atoms with Gasteiger partial charge >= 0.3 is 6.18 Å². The van der Waals surface area contributed by atoms with Crippen LogP contribution in [0.3, 0.4) is 0 Å². The van der Waals surface area contributed by atoms with Gasteiger partial charge in [0.1, 0.15) is 16.9 Å². The van der Waals surface area contributed by atoms with Crippen molar-refractivity contribution < 1.29 is 13.2 Å². The minimum absolute atomic E-state index is 0.0763. The van der Waals surface area contributed by atoms with E-state index in [0.717, 1.165) is 0 Å². The van der Waals surface area contributed by atoms with Crippen molar-refractivity contribution in [2.24, 2.45) is 0 Å². The van der Waals surface area contributed by atoms with Crippen LogP contribution in [0.15, 0.2) is 12.1 Å². The van der Waals surface area contributed by atoms with E-state index in [1.807, 2.05) is 0 Å². The quantitative estimate of drug-likeness (QED) is 0.812. The molecule has 2 aromatic rings. The molecule has 0 N–H and O–H groups in total. The molecule has 3 nitrogen and oxygen atoms in total. The van der Waals surface area contributed by atoms with E-state index in [2.05, 4.69) is 9.97 Å². The van der Waals surface area contributed by atoms with E-state index >= 15 is 0 Å². The van der Waals surface area contributed by atoms with Gasteiger partial charge in [0, 0.05) is 18.0 Å². The molecule has 7 heteroatoms. The van der Waals surface area contributed by atoms with Gasteiger partial charge in [-0.05, 0) is 31.9 Å². The van der Waals surface area contributed by atoms with Crippen LogP contribution >= 0.6 is 11.6 Å². The Kier molecular flexibility index (Phi) is 2.97. The van der Waals surface area contributed by atoms with Crippen molar-refractivity contribution in [1.82, 2.24) is 14.5 Å². The summed E-state index contributed by atoms with van der Waals surface area (Å²) < 4.78 is 41.5. The van der Waals surface area contributed by atoms with Crippen LogP contribution in [0.1, 0.15) is 24.4 Å². The topological polar surface area (TPSA) is 30.7 Å². The summed E-state index contributed by atoms with van der Waals surface area (Å²) in [6, 6.07) is 3.45. The average Bonchev–Trinajstić information content (AvgIpc) is 3.08. The molecule has 0 aliphatic heterocycles. The van der Waals surface area contributed by atoms with Crippen LogP contribution in [-0.4, -0.2) is 26.6 Å². The summed E-state index contributed by atoms with van der Waals surface area (Å²) in [6.07, 6.45) is -3.85. The molecule has 1 aliphatic carbocycles. The third-order valence-electron chi connectivity index (χ3n) is 3.71. The van der Waals surface area contributed by atoms with Crippen molar-refractivity contribution in [2.45, 2.75) is 37.9 Å². The van der Waals surface area contributed by atoms with Crippen LogP contribution in [0.5, 0.6) is 0 Å². The fraction of sp³-hybridized carbons (Fsp3) is 0.538. The van der Waals surface area contributed by atoms with Gasteiger partial charge < -0.3 is 0 Å². The molecule has 0 radical (unpaired) electrons. The van der Waals surface area contributed by atoms with E-state index in [1.165, 1.54) is 4.57 Å². The second kappa shape index (κ2) is 4.35. The lowest BCUT2D eigenvalue weighted by molar-refractivity contribution is -0.179. The lowest BCUT2D eigenvalue weighted by atomic mass is 10.2. The van der Waals surface area contributed by atoms with Crippen LogP contribution in [-0.2, 0) is 12.0 Å². The number of fused-ring (bicyclic) bond motifs is 1. The Hall–Kier alpha value is -1.30. The molecule has 1 aliphatic rings. The Morgan fingerprint density at radius 1 is 1.30 bits per heavy atom. The first-order chi connectivity index (χ1) is 9.39. The first kappa shape index (κ1) is 13.7. The third kappa shape index (κ3) is 1.89. The number of pyridine rings is 1. The monoisotopic (exact) mass is 303 g/mol. The molecule has 0 saturated heterocycles. The van der Waals surface area contributed by atoms with Gasteiger partial charge in [0.15, 0.2) is 5.65 Å². The second-order valence-electron chi connectivity index (χ2n) is 5.13. The maximum Gasteiger partial charge on any atom is 0.412 e. The standard InChI is InChI=1S/C13H13ClF3N3/c1-8-2-3-9-11(18-8)20(10(19-9)4-7-14)12(5-6-12)13(15,16)17/h2-3H,4-7H2,1H3. The smallest absolute Gasteiger partial charge is 0.297 e. The lowest BCUT2D eigenvalue weighted by Gasteiger charge is -2.23. The SMILES string of the molecule is Cc1ccc2nc(CCCl)n(C3(C(F)(F)F)CC3)c2n1. The number of halogens is 4. The molecule has 1 saturated carbocycles. The van der Waals surface area contributed by atoms with Crippen LogP contribution in [0.2, 0.25) is 0 Å². The summed E-state index contributed by atoms with van der Waals surface area (Å²) in [5.41, 5.74) is -0.371. The Morgan fingerprint density at radius 3 is 2.55 bits per heavy atom. The minimum Gasteiger partial charge on any atom is -0.297 e. The van der Waals surface area contributed by atoms with E-state index in [9.17, 15) is 13.2 Å². The molecule has 0 atom stereocenters. The highest BCUT2D eigenvalue weighted by molar-refractivity contribution is 6.17. The summed E-state index contributed by atoms with van der Waals surface area (Å²) in [5.74, 6) is 0.596. The maximum atomic E-state index is 13.4. The van der Waals surface area contributed by atoms with Gasteiger partial charge in [-0.3, -0.25) is 4.57 Å². The van der Waals surface area contributed by atoms with E-state index in [0.29, 0.717) is 29.1 Å². The van der Waals surface area contributed by atoms with Crippen LogP contribution < -0.4 is 0 Å². The van der Waals surface area contributed by atoms with Gasteiger partial charge in [0.25, 0.3) is 0 Å². The summed E-state index contributed by atoms with van der Waals surface area (Å²) in [7, 11) is 0. The molecule has 2 aromatic heterocycles. The fourth-order valence-electron chi connectivity index (χ4n) is 2.55. The first-order valence-electron chi connectivity index (χ1n) is 6.37. The van der Waals surface area contributed by atoms with Gasteiger partial charge in [-0.2, -0.15) is 13.2 Å². The predicted molar refractivity (Wildman–Crippen MR) is 70.0 cm³/mol. The summed E-state index contributed by atoms with van der Waals surface area (Å²) in [5, 5.41) is 0. The highest BCUT2D eigenvalue weighted by Gasteiger charge is 2.66. The Labute approximate surface area is 118 Å². The van der Waals surface area contributed by atoms with E-state index in [-0.39, 0.29) is 18.7 Å². The zero-order chi connectivity index (χ0) is 14.5. The Bertz CT molecular complexity index is 659. The van der Waals surface area contributed by atoms with Gasteiger partial charge in [-0.25, -0.2) is 9.97 Å². The molecule has 108 valence electrons.